The summed E-state index contributed by atoms with van der Waals surface area (Å²) in [7, 11) is -5.57. The fourth-order valence-electron chi connectivity index (χ4n) is 3.01. The lowest BCUT2D eigenvalue weighted by molar-refractivity contribution is 0.0950. The first-order chi connectivity index (χ1) is 13.7. The highest BCUT2D eigenvalue weighted by molar-refractivity contribution is 7.92. The van der Waals surface area contributed by atoms with Crippen LogP contribution in [0.3, 0.4) is 0 Å². The molecule has 1 aliphatic heterocycles. The fraction of sp³-hybridized carbons (Fsp3) is 0.316. The second-order valence-corrected chi connectivity index (χ2v) is 10.7. The first-order valence-corrected chi connectivity index (χ1v) is 12.2. The molecule has 10 heteroatoms. The molecule has 0 aliphatic carbocycles. The van der Waals surface area contributed by atoms with Crippen molar-refractivity contribution in [3.05, 3.63) is 59.7 Å². The van der Waals surface area contributed by atoms with Gasteiger partial charge >= 0.3 is 0 Å². The predicted molar refractivity (Wildman–Crippen MR) is 108 cm³/mol. The molecule has 2 aromatic carbocycles. The molecule has 0 saturated carbocycles. The van der Waals surface area contributed by atoms with Crippen LogP contribution in [0.4, 0.5) is 0 Å². The molecular weight excluding hydrogens is 416 g/mol. The van der Waals surface area contributed by atoms with Gasteiger partial charge in [0.05, 0.1) is 23.5 Å². The summed E-state index contributed by atoms with van der Waals surface area (Å²) >= 11 is 0. The van der Waals surface area contributed by atoms with Gasteiger partial charge in [0.2, 0.25) is 10.0 Å². The van der Waals surface area contributed by atoms with Crippen molar-refractivity contribution < 1.29 is 26.4 Å². The molecule has 1 atom stereocenters. The van der Waals surface area contributed by atoms with Gasteiger partial charge in [-0.15, -0.1) is 0 Å². The topological polar surface area (TPSA) is 119 Å². The number of hydrogen-bond acceptors (Lipinski definition) is 6. The Morgan fingerprint density at radius 2 is 1.90 bits per heavy atom. The Morgan fingerprint density at radius 3 is 2.52 bits per heavy atom. The van der Waals surface area contributed by atoms with Crippen LogP contribution in [0.5, 0.6) is 5.75 Å². The van der Waals surface area contributed by atoms with Crippen LogP contribution in [0, 0.1) is 0 Å². The summed E-state index contributed by atoms with van der Waals surface area (Å²) in [5.41, 5.74) is 1.06. The number of hydrogen-bond donors (Lipinski definition) is 2. The van der Waals surface area contributed by atoms with Crippen LogP contribution in [0.2, 0.25) is 0 Å². The van der Waals surface area contributed by atoms with Crippen LogP contribution in [-0.2, 0) is 26.4 Å². The smallest absolute Gasteiger partial charge is 0.251 e. The van der Waals surface area contributed by atoms with Gasteiger partial charge in [-0.3, -0.25) is 4.79 Å². The molecule has 0 radical (unpaired) electrons. The largest absolute Gasteiger partial charge is 0.497 e. The summed E-state index contributed by atoms with van der Waals surface area (Å²) < 4.78 is 55.7. The lowest BCUT2D eigenvalue weighted by Crippen LogP contribution is -2.35. The lowest BCUT2D eigenvalue weighted by atomic mass is 10.2. The van der Waals surface area contributed by atoms with E-state index in [1.165, 1.54) is 24.3 Å². The number of sulfonamides is 1. The molecule has 1 fully saturated rings. The Kier molecular flexibility index (Phi) is 6.25. The zero-order valence-corrected chi connectivity index (χ0v) is 17.4. The number of methoxy groups -OCH3 is 1. The van der Waals surface area contributed by atoms with E-state index in [1.807, 2.05) is 12.1 Å². The Balaban J connectivity index is 1.66. The molecule has 2 aromatic rings. The number of ether oxygens (including phenoxy) is 1. The average Bonchev–Trinajstić information content (AvgIpc) is 3.04. The fourth-order valence-corrected chi connectivity index (χ4v) is 6.10. The Hall–Kier alpha value is -2.43. The van der Waals surface area contributed by atoms with E-state index in [1.54, 1.807) is 19.2 Å². The van der Waals surface area contributed by atoms with Gasteiger partial charge in [-0.2, -0.15) is 0 Å². The Labute approximate surface area is 170 Å². The minimum absolute atomic E-state index is 0.0337. The molecule has 0 spiro atoms. The molecule has 0 bridgehead atoms. The minimum Gasteiger partial charge on any atom is -0.497 e. The van der Waals surface area contributed by atoms with Gasteiger partial charge in [-0.05, 0) is 42.3 Å². The van der Waals surface area contributed by atoms with Crippen LogP contribution in [-0.4, -0.2) is 47.4 Å². The van der Waals surface area contributed by atoms with E-state index in [0.717, 1.165) is 5.56 Å². The van der Waals surface area contributed by atoms with Crippen molar-refractivity contribution in [1.82, 2.24) is 10.0 Å². The molecule has 0 aromatic heterocycles. The van der Waals surface area contributed by atoms with Gasteiger partial charge in [0.1, 0.15) is 5.75 Å². The van der Waals surface area contributed by atoms with Crippen molar-refractivity contribution in [2.24, 2.45) is 0 Å². The normalized spacial score (nSPS) is 18.3. The van der Waals surface area contributed by atoms with Gasteiger partial charge < -0.3 is 10.1 Å². The number of amides is 1. The summed E-state index contributed by atoms with van der Waals surface area (Å²) in [6.45, 7) is 0.276. The molecule has 1 heterocycles. The third kappa shape index (κ3) is 5.55. The Bertz CT molecular complexity index is 1100. The van der Waals surface area contributed by atoms with Crippen LogP contribution < -0.4 is 14.8 Å². The number of carbonyl (C=O) groups is 1. The summed E-state index contributed by atoms with van der Waals surface area (Å²) in [6.07, 6.45) is 0.240. The highest BCUT2D eigenvalue weighted by Crippen LogP contribution is 2.17. The van der Waals surface area contributed by atoms with Crippen molar-refractivity contribution in [2.45, 2.75) is 23.9 Å². The number of rotatable bonds is 7. The van der Waals surface area contributed by atoms with Crippen LogP contribution in [0.1, 0.15) is 22.3 Å². The molecule has 1 saturated heterocycles. The molecule has 2 N–H and O–H groups in total. The van der Waals surface area contributed by atoms with Crippen molar-refractivity contribution >= 4 is 25.8 Å². The van der Waals surface area contributed by atoms with Crippen molar-refractivity contribution in [3.8, 4) is 5.75 Å². The maximum absolute atomic E-state index is 12.6. The molecule has 3 rings (SSSR count). The first-order valence-electron chi connectivity index (χ1n) is 8.92. The second-order valence-electron chi connectivity index (χ2n) is 6.78. The van der Waals surface area contributed by atoms with Gasteiger partial charge in [-0.1, -0.05) is 18.2 Å². The standard InChI is InChI=1S/C19H22N2O6S2/c1-27-17-7-5-14(6-8-17)12-20-19(22)15-3-2-4-18(11-15)29(25,26)21-16-9-10-28(23,24)13-16/h2-8,11,16,21H,9-10,12-13H2,1H3,(H,20,22). The molecule has 156 valence electrons. The van der Waals surface area contributed by atoms with E-state index in [9.17, 15) is 21.6 Å². The summed E-state index contributed by atoms with van der Waals surface area (Å²) in [6, 6.07) is 12.2. The van der Waals surface area contributed by atoms with E-state index in [0.29, 0.717) is 5.75 Å². The van der Waals surface area contributed by atoms with Crippen LogP contribution in [0.15, 0.2) is 53.4 Å². The van der Waals surface area contributed by atoms with Gasteiger partial charge in [0.15, 0.2) is 9.84 Å². The molecule has 29 heavy (non-hydrogen) atoms. The molecule has 8 nitrogen and oxygen atoms in total. The molecule has 1 unspecified atom stereocenters. The zero-order chi connectivity index (χ0) is 21.1. The van der Waals surface area contributed by atoms with Crippen molar-refractivity contribution in [3.63, 3.8) is 0 Å². The van der Waals surface area contributed by atoms with E-state index in [2.05, 4.69) is 10.0 Å². The number of sulfone groups is 1. The maximum Gasteiger partial charge on any atom is 0.251 e. The minimum atomic E-state index is -3.93. The summed E-state index contributed by atoms with van der Waals surface area (Å²) in [5.74, 6) is 0.0456. The Morgan fingerprint density at radius 1 is 1.17 bits per heavy atom. The van der Waals surface area contributed by atoms with Gasteiger partial charge in [-0.25, -0.2) is 21.6 Å². The van der Waals surface area contributed by atoms with E-state index in [4.69, 9.17) is 4.74 Å². The highest BCUT2D eigenvalue weighted by Gasteiger charge is 2.31. The highest BCUT2D eigenvalue weighted by atomic mass is 32.2. The van der Waals surface area contributed by atoms with Gasteiger partial charge in [0.25, 0.3) is 5.91 Å². The zero-order valence-electron chi connectivity index (χ0n) is 15.8. The summed E-state index contributed by atoms with van der Waals surface area (Å²) in [4.78, 5) is 12.3. The van der Waals surface area contributed by atoms with Crippen molar-refractivity contribution in [2.75, 3.05) is 18.6 Å². The first kappa shape index (κ1) is 21.3. The van der Waals surface area contributed by atoms with Crippen LogP contribution in [0.25, 0.3) is 0 Å². The summed E-state index contributed by atoms with van der Waals surface area (Å²) in [5, 5.41) is 2.74. The van der Waals surface area contributed by atoms with Crippen LogP contribution >= 0.6 is 0 Å². The quantitative estimate of drug-likeness (QED) is 0.668. The predicted octanol–water partition coefficient (Wildman–Crippen LogP) is 1.09. The molecule has 1 amide bonds. The van der Waals surface area contributed by atoms with E-state index in [-0.39, 0.29) is 34.9 Å². The SMILES string of the molecule is COc1ccc(CNC(=O)c2cccc(S(=O)(=O)NC3CCS(=O)(=O)C3)c2)cc1. The van der Waals surface area contributed by atoms with E-state index < -0.39 is 31.8 Å². The lowest BCUT2D eigenvalue weighted by Gasteiger charge is -2.12. The van der Waals surface area contributed by atoms with Gasteiger partial charge in [0, 0.05) is 18.2 Å². The van der Waals surface area contributed by atoms with E-state index >= 15 is 0 Å². The number of nitrogens with one attached hydrogen (secondary N) is 2. The third-order valence-electron chi connectivity index (χ3n) is 4.57. The average molecular weight is 439 g/mol. The monoisotopic (exact) mass is 438 g/mol. The van der Waals surface area contributed by atoms with Crippen molar-refractivity contribution in [1.29, 1.82) is 0 Å². The number of carbonyl (C=O) groups excluding carboxylic acids is 1. The third-order valence-corrected chi connectivity index (χ3v) is 7.86. The maximum atomic E-state index is 12.6. The second kappa shape index (κ2) is 8.52. The molecule has 1 aliphatic rings. The molecular formula is C19H22N2O6S2. The number of benzene rings is 2.